The van der Waals surface area contributed by atoms with Crippen molar-refractivity contribution < 1.29 is 0 Å². The first kappa shape index (κ1) is 14.5. The fourth-order valence-electron chi connectivity index (χ4n) is 3.71. The van der Waals surface area contributed by atoms with Gasteiger partial charge >= 0.3 is 0 Å². The van der Waals surface area contributed by atoms with Gasteiger partial charge < -0.3 is 9.88 Å². The minimum atomic E-state index is 0.998. The monoisotopic (exact) mass is 305 g/mol. The van der Waals surface area contributed by atoms with Gasteiger partial charge in [0.05, 0.1) is 0 Å². The molecular formula is C20H23N3. The average Bonchev–Trinajstić information content (AvgIpc) is 2.73. The third kappa shape index (κ3) is 2.77. The maximum Gasteiger partial charge on any atom is 0.0486 e. The maximum atomic E-state index is 4.12. The van der Waals surface area contributed by atoms with Gasteiger partial charge in [-0.3, -0.25) is 4.98 Å². The van der Waals surface area contributed by atoms with Crippen molar-refractivity contribution in [3.05, 3.63) is 65.1 Å². The lowest BCUT2D eigenvalue weighted by Gasteiger charge is -2.11. The number of aryl methyl sites for hydroxylation is 3. The summed E-state index contributed by atoms with van der Waals surface area (Å²) in [6.45, 7) is 5.34. The number of benzene rings is 1. The molecule has 0 fully saturated rings. The van der Waals surface area contributed by atoms with Crippen LogP contribution in [0.25, 0.3) is 10.9 Å². The van der Waals surface area contributed by atoms with E-state index >= 15 is 0 Å². The number of nitrogens with one attached hydrogen (secondary N) is 1. The van der Waals surface area contributed by atoms with Crippen LogP contribution in [0, 0.1) is 6.92 Å². The van der Waals surface area contributed by atoms with E-state index in [2.05, 4.69) is 52.1 Å². The van der Waals surface area contributed by atoms with Gasteiger partial charge in [-0.15, -0.1) is 0 Å². The second-order valence-electron chi connectivity index (χ2n) is 6.48. The summed E-state index contributed by atoms with van der Waals surface area (Å²) in [6.07, 6.45) is 7.22. The maximum absolute atomic E-state index is 4.12. The van der Waals surface area contributed by atoms with Gasteiger partial charge in [-0.1, -0.05) is 11.6 Å². The van der Waals surface area contributed by atoms with Crippen molar-refractivity contribution in [3.63, 3.8) is 0 Å². The number of nitrogens with zero attached hydrogens (tertiary/aromatic N) is 2. The second kappa shape index (κ2) is 6.17. The number of rotatable bonds is 3. The molecule has 1 N–H and O–H groups in total. The molecule has 1 aliphatic rings. The van der Waals surface area contributed by atoms with E-state index in [9.17, 15) is 0 Å². The van der Waals surface area contributed by atoms with Crippen molar-refractivity contribution in [1.82, 2.24) is 14.9 Å². The largest absolute Gasteiger partial charge is 0.344 e. The summed E-state index contributed by atoms with van der Waals surface area (Å²) in [4.78, 5) is 4.12. The number of pyridine rings is 1. The first-order valence-electron chi connectivity index (χ1n) is 8.53. The van der Waals surface area contributed by atoms with Crippen LogP contribution >= 0.6 is 0 Å². The predicted molar refractivity (Wildman–Crippen MR) is 94.6 cm³/mol. The fourth-order valence-corrected chi connectivity index (χ4v) is 3.71. The van der Waals surface area contributed by atoms with E-state index in [4.69, 9.17) is 0 Å². The van der Waals surface area contributed by atoms with Crippen LogP contribution in [-0.2, 0) is 25.9 Å². The first-order valence-corrected chi connectivity index (χ1v) is 8.53. The van der Waals surface area contributed by atoms with Crippen LogP contribution in [-0.4, -0.2) is 16.1 Å². The molecule has 4 rings (SSSR count). The van der Waals surface area contributed by atoms with Crippen molar-refractivity contribution >= 4 is 10.9 Å². The van der Waals surface area contributed by atoms with Crippen molar-refractivity contribution in [2.24, 2.45) is 0 Å². The van der Waals surface area contributed by atoms with Crippen LogP contribution in [0.5, 0.6) is 0 Å². The summed E-state index contributed by atoms with van der Waals surface area (Å²) in [5, 5.41) is 5.01. The van der Waals surface area contributed by atoms with Gasteiger partial charge in [0.1, 0.15) is 0 Å². The molecule has 3 heterocycles. The molecular weight excluding hydrogens is 282 g/mol. The molecule has 0 saturated heterocycles. The lowest BCUT2D eigenvalue weighted by atomic mass is 10.1. The van der Waals surface area contributed by atoms with E-state index in [1.807, 2.05) is 12.4 Å². The molecule has 0 bridgehead atoms. The summed E-state index contributed by atoms with van der Waals surface area (Å²) in [6, 6.07) is 11.1. The van der Waals surface area contributed by atoms with Gasteiger partial charge in [0.25, 0.3) is 0 Å². The summed E-state index contributed by atoms with van der Waals surface area (Å²) >= 11 is 0. The van der Waals surface area contributed by atoms with Gasteiger partial charge in [-0.2, -0.15) is 0 Å². The second-order valence-corrected chi connectivity index (χ2v) is 6.48. The van der Waals surface area contributed by atoms with Crippen LogP contribution in [0.1, 0.15) is 28.8 Å². The molecule has 0 amide bonds. The summed E-state index contributed by atoms with van der Waals surface area (Å²) in [7, 11) is 0. The minimum absolute atomic E-state index is 0.998. The van der Waals surface area contributed by atoms with Crippen molar-refractivity contribution in [1.29, 1.82) is 0 Å². The Kier molecular flexibility index (Phi) is 3.88. The Hall–Kier alpha value is -2.13. The van der Waals surface area contributed by atoms with Crippen molar-refractivity contribution in [3.8, 4) is 0 Å². The molecule has 3 heteroatoms. The van der Waals surface area contributed by atoms with Crippen LogP contribution in [0.2, 0.25) is 0 Å². The SMILES string of the molecule is Cc1ccc2c(c1)c1c(n2CCc2ccncc2)CCCNC1. The van der Waals surface area contributed by atoms with E-state index in [0.29, 0.717) is 0 Å². The molecule has 3 aromatic rings. The molecule has 0 aliphatic carbocycles. The molecule has 3 nitrogen and oxygen atoms in total. The van der Waals surface area contributed by atoms with Crippen LogP contribution in [0.3, 0.4) is 0 Å². The quantitative estimate of drug-likeness (QED) is 0.801. The van der Waals surface area contributed by atoms with E-state index < -0.39 is 0 Å². The Balaban J connectivity index is 1.76. The van der Waals surface area contributed by atoms with Crippen LogP contribution in [0.4, 0.5) is 0 Å². The zero-order valence-electron chi connectivity index (χ0n) is 13.7. The minimum Gasteiger partial charge on any atom is -0.344 e. The third-order valence-electron chi connectivity index (χ3n) is 4.88. The Morgan fingerprint density at radius 3 is 2.91 bits per heavy atom. The zero-order valence-corrected chi connectivity index (χ0v) is 13.7. The molecule has 118 valence electrons. The Bertz CT molecular complexity index is 818. The van der Waals surface area contributed by atoms with Gasteiger partial charge in [0.2, 0.25) is 0 Å². The number of fused-ring (bicyclic) bond motifs is 3. The summed E-state index contributed by atoms with van der Waals surface area (Å²) < 4.78 is 2.55. The molecule has 1 aromatic carbocycles. The van der Waals surface area contributed by atoms with E-state index in [-0.39, 0.29) is 0 Å². The smallest absolute Gasteiger partial charge is 0.0486 e. The molecule has 0 atom stereocenters. The van der Waals surface area contributed by atoms with Gasteiger partial charge in [-0.05, 0) is 68.1 Å². The Labute approximate surface area is 137 Å². The highest BCUT2D eigenvalue weighted by Gasteiger charge is 2.18. The Morgan fingerprint density at radius 1 is 1.17 bits per heavy atom. The molecule has 23 heavy (non-hydrogen) atoms. The molecule has 1 aliphatic heterocycles. The van der Waals surface area contributed by atoms with Crippen LogP contribution < -0.4 is 5.32 Å². The first-order chi connectivity index (χ1) is 11.3. The normalized spacial score (nSPS) is 14.7. The van der Waals surface area contributed by atoms with Crippen molar-refractivity contribution in [2.75, 3.05) is 6.54 Å². The molecule has 2 aromatic heterocycles. The van der Waals surface area contributed by atoms with Crippen molar-refractivity contribution in [2.45, 2.75) is 39.3 Å². The molecule has 0 saturated carbocycles. The molecule has 0 unspecified atom stereocenters. The van der Waals surface area contributed by atoms with Gasteiger partial charge in [-0.25, -0.2) is 0 Å². The highest BCUT2D eigenvalue weighted by atomic mass is 15.0. The number of hydrogen-bond donors (Lipinski definition) is 1. The lowest BCUT2D eigenvalue weighted by molar-refractivity contribution is 0.656. The lowest BCUT2D eigenvalue weighted by Crippen LogP contribution is -2.11. The fraction of sp³-hybridized carbons (Fsp3) is 0.350. The zero-order chi connectivity index (χ0) is 15.6. The highest BCUT2D eigenvalue weighted by Crippen LogP contribution is 2.29. The number of hydrogen-bond acceptors (Lipinski definition) is 2. The average molecular weight is 305 g/mol. The van der Waals surface area contributed by atoms with E-state index in [1.54, 1.807) is 0 Å². The van der Waals surface area contributed by atoms with E-state index in [1.165, 1.54) is 46.1 Å². The summed E-state index contributed by atoms with van der Waals surface area (Å²) in [5.74, 6) is 0. The van der Waals surface area contributed by atoms with Gasteiger partial charge in [0.15, 0.2) is 0 Å². The van der Waals surface area contributed by atoms with E-state index in [0.717, 1.165) is 26.1 Å². The van der Waals surface area contributed by atoms with Gasteiger partial charge in [0, 0.05) is 42.1 Å². The third-order valence-corrected chi connectivity index (χ3v) is 4.88. The standard InChI is InChI=1S/C20H23N3/c1-15-4-5-20-17(13-15)18-14-22-9-2-3-19(18)23(20)12-8-16-6-10-21-11-7-16/h4-7,10-11,13,22H,2-3,8-9,12,14H2,1H3. The predicted octanol–water partition coefficient (Wildman–Crippen LogP) is 3.62. The molecule has 0 spiro atoms. The Morgan fingerprint density at radius 2 is 2.04 bits per heavy atom. The topological polar surface area (TPSA) is 29.9 Å². The number of aromatic nitrogens is 2. The summed E-state index contributed by atoms with van der Waals surface area (Å²) in [5.41, 5.74) is 7.13. The van der Waals surface area contributed by atoms with Crippen LogP contribution in [0.15, 0.2) is 42.7 Å². The molecule has 0 radical (unpaired) electrons. The highest BCUT2D eigenvalue weighted by molar-refractivity contribution is 5.86.